The van der Waals surface area contributed by atoms with Crippen LogP contribution in [0.15, 0.2) is 47.4 Å². The quantitative estimate of drug-likeness (QED) is 0.605. The molecule has 2 aromatic carbocycles. The van der Waals surface area contributed by atoms with Crippen molar-refractivity contribution in [2.24, 2.45) is 5.73 Å². The third kappa shape index (κ3) is 3.92. The van der Waals surface area contributed by atoms with Crippen LogP contribution in [0.25, 0.3) is 11.0 Å². The molecular weight excluding hydrogens is 398 g/mol. The van der Waals surface area contributed by atoms with Crippen LogP contribution in [0, 0.1) is 0 Å². The summed E-state index contributed by atoms with van der Waals surface area (Å²) in [6.07, 6.45) is 0. The molecule has 4 rings (SSSR count). The number of carbonyl (C=O) groups excluding carboxylic acids is 1. The van der Waals surface area contributed by atoms with Crippen molar-refractivity contribution in [2.75, 3.05) is 26.3 Å². The Balaban J connectivity index is 1.56. The molecule has 0 unspecified atom stereocenters. The van der Waals surface area contributed by atoms with Crippen molar-refractivity contribution in [1.82, 2.24) is 19.5 Å². The molecule has 1 aromatic heterocycles. The first kappa shape index (κ1) is 19.3. The summed E-state index contributed by atoms with van der Waals surface area (Å²) >= 11 is 0. The number of carbonyl (C=O) groups is 1. The lowest BCUT2D eigenvalue weighted by Gasteiger charge is -2.26. The molecule has 1 aliphatic heterocycles. The van der Waals surface area contributed by atoms with E-state index in [0.29, 0.717) is 42.9 Å². The molecule has 0 radical (unpaired) electrons. The second-order valence-electron chi connectivity index (χ2n) is 6.46. The molecule has 10 nitrogen and oxygen atoms in total. The molecule has 0 aliphatic carbocycles. The van der Waals surface area contributed by atoms with Gasteiger partial charge in [-0.2, -0.15) is 4.31 Å². The molecular formula is C18H19N5O5S. The van der Waals surface area contributed by atoms with Gasteiger partial charge >= 0.3 is 0 Å². The van der Waals surface area contributed by atoms with Crippen LogP contribution < -0.4 is 10.6 Å². The van der Waals surface area contributed by atoms with Crippen molar-refractivity contribution in [3.05, 3.63) is 53.6 Å². The SMILES string of the molecule is NC(=O)c1ccc(COn2nnc3ccc(S(=O)(=O)N4CCOCC4)cc32)cc1. The Labute approximate surface area is 166 Å². The molecule has 11 heteroatoms. The number of hydrogen-bond donors (Lipinski definition) is 1. The molecule has 0 bridgehead atoms. The molecule has 29 heavy (non-hydrogen) atoms. The van der Waals surface area contributed by atoms with Crippen LogP contribution in [0.2, 0.25) is 0 Å². The highest BCUT2D eigenvalue weighted by Crippen LogP contribution is 2.21. The lowest BCUT2D eigenvalue weighted by molar-refractivity contribution is 0.0729. The number of fused-ring (bicyclic) bond motifs is 1. The average Bonchev–Trinajstić information content (AvgIpc) is 3.15. The van der Waals surface area contributed by atoms with E-state index in [1.165, 1.54) is 21.3 Å². The first-order chi connectivity index (χ1) is 13.9. The second kappa shape index (κ2) is 7.78. The molecule has 0 atom stereocenters. The highest BCUT2D eigenvalue weighted by atomic mass is 32.2. The van der Waals surface area contributed by atoms with Gasteiger partial charge in [0.1, 0.15) is 17.6 Å². The molecule has 3 aromatic rings. The fourth-order valence-electron chi connectivity index (χ4n) is 2.97. The predicted octanol–water partition coefficient (Wildman–Crippen LogP) is 0.180. The molecule has 0 spiro atoms. The van der Waals surface area contributed by atoms with Crippen molar-refractivity contribution >= 4 is 27.0 Å². The number of hydrogen-bond acceptors (Lipinski definition) is 7. The van der Waals surface area contributed by atoms with Gasteiger partial charge in [0.2, 0.25) is 15.9 Å². The summed E-state index contributed by atoms with van der Waals surface area (Å²) in [6.45, 7) is 1.53. The van der Waals surface area contributed by atoms with E-state index < -0.39 is 15.9 Å². The third-order valence-corrected chi connectivity index (χ3v) is 6.48. The van der Waals surface area contributed by atoms with Gasteiger partial charge < -0.3 is 15.3 Å². The molecule has 1 aliphatic rings. The summed E-state index contributed by atoms with van der Waals surface area (Å²) in [5.74, 6) is -0.506. The number of ether oxygens (including phenoxy) is 1. The lowest BCUT2D eigenvalue weighted by Crippen LogP contribution is -2.40. The van der Waals surface area contributed by atoms with Gasteiger partial charge in [-0.3, -0.25) is 4.79 Å². The van der Waals surface area contributed by atoms with Crippen molar-refractivity contribution in [3.8, 4) is 0 Å². The maximum Gasteiger partial charge on any atom is 0.248 e. The highest BCUT2D eigenvalue weighted by molar-refractivity contribution is 7.89. The number of rotatable bonds is 6. The van der Waals surface area contributed by atoms with E-state index in [-0.39, 0.29) is 11.5 Å². The molecule has 152 valence electrons. The molecule has 1 saturated heterocycles. The zero-order valence-corrected chi connectivity index (χ0v) is 16.2. The van der Waals surface area contributed by atoms with Crippen molar-refractivity contribution in [2.45, 2.75) is 11.5 Å². The van der Waals surface area contributed by atoms with Gasteiger partial charge in [0.25, 0.3) is 0 Å². The van der Waals surface area contributed by atoms with E-state index in [1.807, 2.05) is 0 Å². The van der Waals surface area contributed by atoms with Crippen molar-refractivity contribution in [3.63, 3.8) is 0 Å². The molecule has 1 fully saturated rings. The van der Waals surface area contributed by atoms with E-state index in [1.54, 1.807) is 30.3 Å². The van der Waals surface area contributed by atoms with Gasteiger partial charge in [-0.1, -0.05) is 17.0 Å². The van der Waals surface area contributed by atoms with Gasteiger partial charge in [0.15, 0.2) is 0 Å². The van der Waals surface area contributed by atoms with Crippen molar-refractivity contribution in [1.29, 1.82) is 0 Å². The lowest BCUT2D eigenvalue weighted by atomic mass is 10.1. The van der Waals surface area contributed by atoms with Gasteiger partial charge in [0.05, 0.1) is 18.1 Å². The Bertz CT molecular complexity index is 1140. The topological polar surface area (TPSA) is 130 Å². The predicted molar refractivity (Wildman–Crippen MR) is 102 cm³/mol. The largest absolute Gasteiger partial charge is 0.390 e. The Kier molecular flexibility index (Phi) is 5.18. The minimum Gasteiger partial charge on any atom is -0.390 e. The fraction of sp³-hybridized carbons (Fsp3) is 0.278. The molecule has 0 saturated carbocycles. The van der Waals surface area contributed by atoms with Crippen molar-refractivity contribution < 1.29 is 22.8 Å². The average molecular weight is 417 g/mol. The number of primary amides is 1. The molecule has 2 N–H and O–H groups in total. The van der Waals surface area contributed by atoms with Gasteiger partial charge in [0, 0.05) is 18.7 Å². The summed E-state index contributed by atoms with van der Waals surface area (Å²) in [7, 11) is -3.64. The fourth-order valence-corrected chi connectivity index (χ4v) is 4.40. The van der Waals surface area contributed by atoms with Gasteiger partial charge in [-0.15, -0.1) is 5.10 Å². The standard InChI is InChI=1S/C18H19N5O5S/c19-18(24)14-3-1-13(2-4-14)12-28-23-17-11-15(5-6-16(17)20-21-23)29(25,26)22-7-9-27-10-8-22/h1-6,11H,7-10,12H2,(H2,19,24). The summed E-state index contributed by atoms with van der Waals surface area (Å²) in [5, 5.41) is 7.94. The number of aromatic nitrogens is 3. The Morgan fingerprint density at radius 1 is 1.14 bits per heavy atom. The minimum atomic E-state index is -3.64. The van der Waals surface area contributed by atoms with E-state index in [0.717, 1.165) is 5.56 Å². The molecule has 2 heterocycles. The van der Waals surface area contributed by atoms with Crippen LogP contribution in [-0.4, -0.2) is 60.1 Å². The minimum absolute atomic E-state index is 0.143. The number of amides is 1. The number of nitrogens with zero attached hydrogens (tertiary/aromatic N) is 4. The van der Waals surface area contributed by atoms with E-state index >= 15 is 0 Å². The first-order valence-corrected chi connectivity index (χ1v) is 10.3. The van der Waals surface area contributed by atoms with E-state index in [9.17, 15) is 13.2 Å². The van der Waals surface area contributed by atoms with Crippen LogP contribution in [0.5, 0.6) is 0 Å². The Hall–Kier alpha value is -3.02. The van der Waals surface area contributed by atoms with Gasteiger partial charge in [-0.05, 0) is 41.1 Å². The van der Waals surface area contributed by atoms with E-state index in [4.69, 9.17) is 15.3 Å². The normalized spacial score (nSPS) is 15.4. The number of nitrogens with two attached hydrogens (primary N) is 1. The third-order valence-electron chi connectivity index (χ3n) is 4.59. The monoisotopic (exact) mass is 417 g/mol. The maximum atomic E-state index is 12.9. The Morgan fingerprint density at radius 3 is 2.55 bits per heavy atom. The maximum absolute atomic E-state index is 12.9. The van der Waals surface area contributed by atoms with Crippen LogP contribution >= 0.6 is 0 Å². The number of morpholine rings is 1. The first-order valence-electron chi connectivity index (χ1n) is 8.90. The number of benzene rings is 2. The zero-order chi connectivity index (χ0) is 20.4. The van der Waals surface area contributed by atoms with E-state index in [2.05, 4.69) is 10.3 Å². The van der Waals surface area contributed by atoms with Crippen LogP contribution in [0.1, 0.15) is 15.9 Å². The summed E-state index contributed by atoms with van der Waals surface area (Å²) in [6, 6.07) is 11.2. The van der Waals surface area contributed by atoms with Crippen LogP contribution in [0.4, 0.5) is 0 Å². The summed E-state index contributed by atoms with van der Waals surface area (Å²) < 4.78 is 32.4. The van der Waals surface area contributed by atoms with Crippen LogP contribution in [0.3, 0.4) is 0 Å². The Morgan fingerprint density at radius 2 is 1.86 bits per heavy atom. The zero-order valence-electron chi connectivity index (χ0n) is 15.4. The summed E-state index contributed by atoms with van der Waals surface area (Å²) in [4.78, 5) is 18.1. The molecule has 1 amide bonds. The van der Waals surface area contributed by atoms with Gasteiger partial charge in [-0.25, -0.2) is 8.42 Å². The summed E-state index contributed by atoms with van der Waals surface area (Å²) in [5.41, 5.74) is 7.36. The van der Waals surface area contributed by atoms with Crippen LogP contribution in [-0.2, 0) is 21.4 Å². The highest BCUT2D eigenvalue weighted by Gasteiger charge is 2.27. The smallest absolute Gasteiger partial charge is 0.248 e. The second-order valence-corrected chi connectivity index (χ2v) is 8.40. The number of sulfonamides is 1.